The molecule has 1 amide bonds. The lowest BCUT2D eigenvalue weighted by atomic mass is 9.77. The van der Waals surface area contributed by atoms with Crippen LogP contribution in [0.5, 0.6) is 0 Å². The minimum absolute atomic E-state index is 0.338. The van der Waals surface area contributed by atoms with E-state index in [2.05, 4.69) is 102 Å². The molecule has 0 spiro atoms. The molecule has 1 atom stereocenters. The number of nitrogens with zero attached hydrogens (tertiary/aromatic N) is 2. The highest BCUT2D eigenvalue weighted by Gasteiger charge is 2.38. The highest BCUT2D eigenvalue weighted by Crippen LogP contribution is 2.40. The third-order valence-corrected chi connectivity index (χ3v) is 7.74. The van der Waals surface area contributed by atoms with Gasteiger partial charge in [0.05, 0.1) is 12.0 Å². The van der Waals surface area contributed by atoms with Crippen LogP contribution in [0.2, 0.25) is 19.6 Å². The van der Waals surface area contributed by atoms with Crippen LogP contribution in [0.4, 0.5) is 4.79 Å². The smallest absolute Gasteiger partial charge is 0.408 e. The molecule has 1 aromatic heterocycles. The number of thiocarbonyl (C=S) groups is 1. The van der Waals surface area contributed by atoms with E-state index in [0.29, 0.717) is 11.5 Å². The van der Waals surface area contributed by atoms with Crippen molar-refractivity contribution in [3.8, 4) is 0 Å². The topological polar surface area (TPSA) is 65.4 Å². The van der Waals surface area contributed by atoms with E-state index in [-0.39, 0.29) is 0 Å². The maximum absolute atomic E-state index is 12.8. The Morgan fingerprint density at radius 1 is 0.878 bits per heavy atom. The largest absolute Gasteiger partial charge is 0.538 e. The Labute approximate surface area is 249 Å². The Morgan fingerprint density at radius 3 is 1.76 bits per heavy atom. The number of aromatic nitrogens is 2. The van der Waals surface area contributed by atoms with Gasteiger partial charge in [0.15, 0.2) is 5.05 Å². The van der Waals surface area contributed by atoms with Gasteiger partial charge in [0, 0.05) is 12.6 Å². The van der Waals surface area contributed by atoms with E-state index in [4.69, 9.17) is 26.4 Å². The van der Waals surface area contributed by atoms with Gasteiger partial charge < -0.3 is 19.0 Å². The zero-order valence-electron chi connectivity index (χ0n) is 24.6. The van der Waals surface area contributed by atoms with Crippen molar-refractivity contribution in [3.05, 3.63) is 126 Å². The predicted octanol–water partition coefficient (Wildman–Crippen LogP) is 7.34. The van der Waals surface area contributed by atoms with Crippen molar-refractivity contribution in [3.63, 3.8) is 0 Å². The molecule has 4 aromatic rings. The molecule has 41 heavy (non-hydrogen) atoms. The van der Waals surface area contributed by atoms with Gasteiger partial charge in [0.2, 0.25) is 8.32 Å². The molecule has 0 aliphatic carbocycles. The average Bonchev–Trinajstić information content (AvgIpc) is 3.37. The number of benzene rings is 3. The lowest BCUT2D eigenvalue weighted by Crippen LogP contribution is -2.47. The number of nitrogens with one attached hydrogen (secondary N) is 1. The molecule has 1 unspecified atom stereocenters. The SMILES string of the molecule is CC(C)(C)OC(=O)NC(Cc1cn(C(c2ccccc2)(c2ccccc2)c2ccccc2)cn1)C(=S)O[Si](C)(C)C. The molecule has 0 aliphatic rings. The number of ether oxygens (including phenoxy) is 1. The average molecular weight is 586 g/mol. The highest BCUT2D eigenvalue weighted by atomic mass is 32.1. The van der Waals surface area contributed by atoms with Gasteiger partial charge in [-0.15, -0.1) is 0 Å². The van der Waals surface area contributed by atoms with Crippen LogP contribution in [-0.2, 0) is 21.1 Å². The van der Waals surface area contributed by atoms with Crippen molar-refractivity contribution in [1.29, 1.82) is 0 Å². The lowest BCUT2D eigenvalue weighted by Gasteiger charge is -2.37. The molecular formula is C33H39N3O3SSi. The van der Waals surface area contributed by atoms with Crippen molar-refractivity contribution in [2.24, 2.45) is 0 Å². The van der Waals surface area contributed by atoms with E-state index in [0.717, 1.165) is 22.4 Å². The second-order valence-electron chi connectivity index (χ2n) is 12.0. The molecule has 0 bridgehead atoms. The molecule has 6 nitrogen and oxygen atoms in total. The summed E-state index contributed by atoms with van der Waals surface area (Å²) in [5.41, 5.74) is 2.74. The number of amides is 1. The molecule has 0 saturated heterocycles. The van der Waals surface area contributed by atoms with Crippen LogP contribution >= 0.6 is 12.2 Å². The third-order valence-electron chi connectivity index (χ3n) is 6.39. The Balaban J connectivity index is 1.79. The first kappa shape index (κ1) is 30.2. The number of imidazole rings is 1. The van der Waals surface area contributed by atoms with Crippen molar-refractivity contribution in [2.75, 3.05) is 0 Å². The van der Waals surface area contributed by atoms with E-state index in [1.807, 2.05) is 51.5 Å². The first-order chi connectivity index (χ1) is 19.4. The second kappa shape index (κ2) is 12.4. The molecular weight excluding hydrogens is 547 g/mol. The summed E-state index contributed by atoms with van der Waals surface area (Å²) in [7, 11) is -2.01. The molecule has 0 fully saturated rings. The second-order valence-corrected chi connectivity index (χ2v) is 16.8. The minimum Gasteiger partial charge on any atom is -0.538 e. The normalized spacial score (nSPS) is 12.8. The molecule has 4 rings (SSSR count). The lowest BCUT2D eigenvalue weighted by molar-refractivity contribution is 0.0515. The molecule has 3 aromatic carbocycles. The quantitative estimate of drug-likeness (QED) is 0.127. The van der Waals surface area contributed by atoms with Crippen LogP contribution in [0, 0.1) is 0 Å². The number of hydrogen-bond acceptors (Lipinski definition) is 5. The fourth-order valence-corrected chi connectivity index (χ4v) is 6.50. The minimum atomic E-state index is -2.01. The van der Waals surface area contributed by atoms with Crippen molar-refractivity contribution >= 4 is 31.7 Å². The molecule has 0 radical (unpaired) electrons. The molecule has 0 aliphatic heterocycles. The van der Waals surface area contributed by atoms with Gasteiger partial charge in [-0.25, -0.2) is 9.78 Å². The standard InChI is InChI=1S/C33H39N3O3SSi/c1-32(2,3)38-31(37)35-29(30(40)39-41(4,5)6)22-28-23-36(24-34-28)33(25-16-10-7-11-17-25,26-18-12-8-13-19-26)27-20-14-9-15-21-27/h7-21,23-24,29H,22H2,1-6H3,(H,35,37). The summed E-state index contributed by atoms with van der Waals surface area (Å²) < 4.78 is 13.8. The zero-order valence-corrected chi connectivity index (χ0v) is 26.4. The number of carbonyl (C=O) groups excluding carboxylic acids is 1. The fraction of sp³-hybridized carbons (Fsp3) is 0.303. The van der Waals surface area contributed by atoms with Crippen molar-refractivity contribution in [2.45, 2.75) is 64.0 Å². The Kier molecular flexibility index (Phi) is 9.14. The van der Waals surface area contributed by atoms with Crippen molar-refractivity contribution < 1.29 is 14.0 Å². The first-order valence-corrected chi connectivity index (χ1v) is 17.6. The summed E-state index contributed by atoms with van der Waals surface area (Å²) in [6, 6.07) is 30.7. The number of hydrogen-bond donors (Lipinski definition) is 1. The fourth-order valence-electron chi connectivity index (χ4n) is 4.86. The predicted molar refractivity (Wildman–Crippen MR) is 171 cm³/mol. The Hall–Kier alpha value is -3.75. The summed E-state index contributed by atoms with van der Waals surface area (Å²) >= 11 is 5.70. The van der Waals surface area contributed by atoms with Gasteiger partial charge in [0.25, 0.3) is 0 Å². The Bertz CT molecular complexity index is 1350. The summed E-state index contributed by atoms with van der Waals surface area (Å²) in [5, 5.41) is 3.27. The molecule has 1 heterocycles. The maximum atomic E-state index is 12.8. The van der Waals surface area contributed by atoms with Crippen LogP contribution in [0.1, 0.15) is 43.2 Å². The van der Waals surface area contributed by atoms with E-state index < -0.39 is 31.6 Å². The van der Waals surface area contributed by atoms with Gasteiger partial charge in [-0.05, 0) is 69.3 Å². The summed E-state index contributed by atoms with van der Waals surface area (Å²) in [5.74, 6) is 0. The van der Waals surface area contributed by atoms with Gasteiger partial charge in [0.1, 0.15) is 17.2 Å². The zero-order chi connectivity index (χ0) is 29.7. The van der Waals surface area contributed by atoms with Crippen LogP contribution in [-0.4, -0.2) is 40.7 Å². The van der Waals surface area contributed by atoms with Crippen LogP contribution < -0.4 is 5.32 Å². The first-order valence-electron chi connectivity index (χ1n) is 13.8. The van der Waals surface area contributed by atoms with Crippen LogP contribution in [0.15, 0.2) is 104 Å². The third kappa shape index (κ3) is 7.51. The number of rotatable bonds is 9. The van der Waals surface area contributed by atoms with E-state index >= 15 is 0 Å². The highest BCUT2D eigenvalue weighted by molar-refractivity contribution is 7.80. The monoisotopic (exact) mass is 585 g/mol. The van der Waals surface area contributed by atoms with Gasteiger partial charge >= 0.3 is 6.09 Å². The van der Waals surface area contributed by atoms with Gasteiger partial charge in [-0.1, -0.05) is 91.0 Å². The van der Waals surface area contributed by atoms with E-state index in [1.165, 1.54) is 0 Å². The molecule has 1 N–H and O–H groups in total. The maximum Gasteiger partial charge on any atom is 0.408 e. The van der Waals surface area contributed by atoms with Gasteiger partial charge in [-0.3, -0.25) is 0 Å². The number of carbonyl (C=O) groups is 1. The summed E-state index contributed by atoms with van der Waals surface area (Å²) in [6.07, 6.45) is 3.70. The molecule has 0 saturated carbocycles. The van der Waals surface area contributed by atoms with E-state index in [9.17, 15) is 4.79 Å². The summed E-state index contributed by atoms with van der Waals surface area (Å²) in [6.45, 7) is 11.7. The Morgan fingerprint density at radius 2 is 1.34 bits per heavy atom. The number of alkyl carbamates (subject to hydrolysis) is 1. The van der Waals surface area contributed by atoms with Crippen molar-refractivity contribution in [1.82, 2.24) is 14.9 Å². The van der Waals surface area contributed by atoms with E-state index in [1.54, 1.807) is 0 Å². The van der Waals surface area contributed by atoms with Gasteiger partial charge in [-0.2, -0.15) is 0 Å². The molecule has 8 heteroatoms. The van der Waals surface area contributed by atoms with Crippen LogP contribution in [0.25, 0.3) is 0 Å². The summed E-state index contributed by atoms with van der Waals surface area (Å²) in [4.78, 5) is 17.6. The molecule has 214 valence electrons. The van der Waals surface area contributed by atoms with Crippen LogP contribution in [0.3, 0.4) is 0 Å².